The van der Waals surface area contributed by atoms with E-state index in [1.165, 1.54) is 4.90 Å². The molecule has 172 valence electrons. The van der Waals surface area contributed by atoms with Crippen LogP contribution in [-0.2, 0) is 14.3 Å². The Morgan fingerprint density at radius 2 is 1.66 bits per heavy atom. The molecule has 0 fully saturated rings. The second-order valence-corrected chi connectivity index (χ2v) is 7.86. The SMILES string of the molecule is CCOC(=O)c1c(NC(=O)CN(C)CC(=O)Nc2ccc(OC)cc2)sc(C(N)=O)c1C. The van der Waals surface area contributed by atoms with E-state index < -0.39 is 17.8 Å². The lowest BCUT2D eigenvalue weighted by molar-refractivity contribution is -0.119. The second-order valence-electron chi connectivity index (χ2n) is 6.84. The molecule has 2 aromatic rings. The van der Waals surface area contributed by atoms with E-state index in [4.69, 9.17) is 15.2 Å². The molecule has 2 rings (SSSR count). The average molecular weight is 463 g/mol. The van der Waals surface area contributed by atoms with Crippen LogP contribution in [0.25, 0.3) is 0 Å². The van der Waals surface area contributed by atoms with E-state index in [9.17, 15) is 19.2 Å². The minimum absolute atomic E-state index is 0.0415. The van der Waals surface area contributed by atoms with Crippen LogP contribution in [0.1, 0.15) is 32.5 Å². The fourth-order valence-electron chi connectivity index (χ4n) is 2.87. The number of methoxy groups -OCH3 is 1. The topological polar surface area (TPSA) is 140 Å². The number of hydrogen-bond donors (Lipinski definition) is 3. The summed E-state index contributed by atoms with van der Waals surface area (Å²) in [6, 6.07) is 6.85. The molecule has 0 aliphatic rings. The molecule has 0 saturated heterocycles. The lowest BCUT2D eigenvalue weighted by atomic mass is 10.1. The van der Waals surface area contributed by atoms with Crippen LogP contribution in [0.3, 0.4) is 0 Å². The average Bonchev–Trinajstić information content (AvgIpc) is 3.04. The van der Waals surface area contributed by atoms with E-state index in [1.54, 1.807) is 52.3 Å². The number of anilines is 2. The van der Waals surface area contributed by atoms with Crippen LogP contribution in [0.5, 0.6) is 5.75 Å². The standard InChI is InChI=1S/C21H26N4O6S/c1-5-31-21(29)17-12(2)18(19(22)28)32-20(17)24-16(27)11-25(3)10-15(26)23-13-6-8-14(30-4)9-7-13/h6-9H,5,10-11H2,1-4H3,(H2,22,28)(H,23,26)(H,24,27). The van der Waals surface area contributed by atoms with Gasteiger partial charge in [-0.15, -0.1) is 11.3 Å². The Labute approximate surface area is 189 Å². The van der Waals surface area contributed by atoms with Crippen LogP contribution >= 0.6 is 11.3 Å². The first-order valence-corrected chi connectivity index (χ1v) is 10.5. The maximum Gasteiger partial charge on any atom is 0.341 e. The molecule has 1 aromatic heterocycles. The number of nitrogens with one attached hydrogen (secondary N) is 2. The summed E-state index contributed by atoms with van der Waals surface area (Å²) in [4.78, 5) is 50.3. The maximum absolute atomic E-state index is 12.5. The van der Waals surface area contributed by atoms with Crippen molar-refractivity contribution in [2.45, 2.75) is 13.8 Å². The molecular formula is C21H26N4O6S. The zero-order valence-electron chi connectivity index (χ0n) is 18.3. The van der Waals surface area contributed by atoms with Crippen LogP contribution in [0.15, 0.2) is 24.3 Å². The van der Waals surface area contributed by atoms with E-state index in [2.05, 4.69) is 10.6 Å². The van der Waals surface area contributed by atoms with Crippen molar-refractivity contribution in [3.63, 3.8) is 0 Å². The number of hydrogen-bond acceptors (Lipinski definition) is 8. The first-order valence-electron chi connectivity index (χ1n) is 9.68. The number of carbonyl (C=O) groups excluding carboxylic acids is 4. The van der Waals surface area contributed by atoms with E-state index in [-0.39, 0.29) is 41.0 Å². The van der Waals surface area contributed by atoms with Crippen LogP contribution in [0.4, 0.5) is 10.7 Å². The summed E-state index contributed by atoms with van der Waals surface area (Å²) in [6.07, 6.45) is 0. The van der Waals surface area contributed by atoms with Gasteiger partial charge in [0.15, 0.2) is 0 Å². The molecule has 32 heavy (non-hydrogen) atoms. The first-order chi connectivity index (χ1) is 15.2. The second kappa shape index (κ2) is 11.3. The fraction of sp³-hybridized carbons (Fsp3) is 0.333. The highest BCUT2D eigenvalue weighted by atomic mass is 32.1. The molecule has 0 atom stereocenters. The molecule has 4 N–H and O–H groups in total. The number of rotatable bonds is 10. The zero-order valence-corrected chi connectivity index (χ0v) is 19.1. The Morgan fingerprint density at radius 1 is 1.06 bits per heavy atom. The van der Waals surface area contributed by atoms with Crippen LogP contribution in [0.2, 0.25) is 0 Å². The van der Waals surface area contributed by atoms with Crippen molar-refractivity contribution < 1.29 is 28.7 Å². The Bertz CT molecular complexity index is 1000. The minimum Gasteiger partial charge on any atom is -0.497 e. The van der Waals surface area contributed by atoms with Gasteiger partial charge in [0.2, 0.25) is 11.8 Å². The smallest absolute Gasteiger partial charge is 0.341 e. The zero-order chi connectivity index (χ0) is 23.8. The van der Waals surface area contributed by atoms with Gasteiger partial charge >= 0.3 is 5.97 Å². The molecule has 0 radical (unpaired) electrons. The third-order valence-electron chi connectivity index (χ3n) is 4.30. The highest BCUT2D eigenvalue weighted by Gasteiger charge is 2.26. The Hall–Kier alpha value is -3.44. The molecular weight excluding hydrogens is 436 g/mol. The van der Waals surface area contributed by atoms with E-state index in [1.807, 2.05) is 0 Å². The summed E-state index contributed by atoms with van der Waals surface area (Å²) in [7, 11) is 3.16. The van der Waals surface area contributed by atoms with Crippen LogP contribution in [-0.4, -0.2) is 62.4 Å². The minimum atomic E-state index is -0.703. The van der Waals surface area contributed by atoms with Gasteiger partial charge in [0.1, 0.15) is 10.8 Å². The Morgan fingerprint density at radius 3 is 2.19 bits per heavy atom. The third-order valence-corrected chi connectivity index (χ3v) is 5.53. The van der Waals surface area contributed by atoms with Gasteiger partial charge in [-0.3, -0.25) is 19.3 Å². The number of esters is 1. The van der Waals surface area contributed by atoms with Gasteiger partial charge in [-0.05, 0) is 50.7 Å². The lowest BCUT2D eigenvalue weighted by Gasteiger charge is -2.16. The molecule has 0 unspecified atom stereocenters. The highest BCUT2D eigenvalue weighted by Crippen LogP contribution is 2.33. The van der Waals surface area contributed by atoms with Gasteiger partial charge in [0.05, 0.1) is 37.2 Å². The van der Waals surface area contributed by atoms with Crippen LogP contribution in [0, 0.1) is 6.92 Å². The number of likely N-dealkylation sites (N-methyl/N-ethyl adjacent to an activating group) is 1. The summed E-state index contributed by atoms with van der Waals surface area (Å²) >= 11 is 0.907. The largest absolute Gasteiger partial charge is 0.497 e. The number of amides is 3. The van der Waals surface area contributed by atoms with Crippen molar-refractivity contribution in [1.29, 1.82) is 0 Å². The van der Waals surface area contributed by atoms with Crippen LogP contribution < -0.4 is 21.1 Å². The summed E-state index contributed by atoms with van der Waals surface area (Å²) in [5, 5.41) is 5.52. The number of nitrogens with zero attached hydrogens (tertiary/aromatic N) is 1. The fourth-order valence-corrected chi connectivity index (χ4v) is 3.94. The molecule has 0 saturated carbocycles. The molecule has 1 heterocycles. The quantitative estimate of drug-likeness (QED) is 0.458. The summed E-state index contributed by atoms with van der Waals surface area (Å²) in [5.41, 5.74) is 6.41. The van der Waals surface area contributed by atoms with Crippen molar-refractivity contribution in [3.05, 3.63) is 40.3 Å². The van der Waals surface area contributed by atoms with Crippen molar-refractivity contribution in [2.75, 3.05) is 44.5 Å². The van der Waals surface area contributed by atoms with Gasteiger partial charge in [-0.25, -0.2) is 4.79 Å². The van der Waals surface area contributed by atoms with Gasteiger partial charge in [0.25, 0.3) is 5.91 Å². The highest BCUT2D eigenvalue weighted by molar-refractivity contribution is 7.18. The molecule has 0 aliphatic heterocycles. The third kappa shape index (κ3) is 6.53. The van der Waals surface area contributed by atoms with Crippen molar-refractivity contribution in [3.8, 4) is 5.75 Å². The molecule has 0 spiro atoms. The lowest BCUT2D eigenvalue weighted by Crippen LogP contribution is -2.36. The number of ether oxygens (including phenoxy) is 2. The Balaban J connectivity index is 2.00. The normalized spacial score (nSPS) is 10.5. The predicted octanol–water partition coefficient (Wildman–Crippen LogP) is 1.85. The van der Waals surface area contributed by atoms with Gasteiger partial charge < -0.3 is 25.8 Å². The number of nitrogens with two attached hydrogens (primary N) is 1. The van der Waals surface area contributed by atoms with Gasteiger partial charge in [-0.1, -0.05) is 0 Å². The number of benzene rings is 1. The van der Waals surface area contributed by atoms with Gasteiger partial charge in [-0.2, -0.15) is 0 Å². The van der Waals surface area contributed by atoms with Crippen molar-refractivity contribution in [1.82, 2.24) is 4.90 Å². The number of primary amides is 1. The van der Waals surface area contributed by atoms with E-state index in [0.29, 0.717) is 17.0 Å². The van der Waals surface area contributed by atoms with E-state index >= 15 is 0 Å². The molecule has 0 aliphatic carbocycles. The summed E-state index contributed by atoms with van der Waals surface area (Å²) in [5.74, 6) is -1.46. The molecule has 11 heteroatoms. The van der Waals surface area contributed by atoms with E-state index in [0.717, 1.165) is 11.3 Å². The van der Waals surface area contributed by atoms with Gasteiger partial charge in [0, 0.05) is 5.69 Å². The monoisotopic (exact) mass is 462 g/mol. The number of carbonyl (C=O) groups is 4. The molecule has 0 bridgehead atoms. The first kappa shape index (κ1) is 24.8. The molecule has 1 aromatic carbocycles. The van der Waals surface area contributed by atoms with Crippen molar-refractivity contribution >= 4 is 45.7 Å². The Kier molecular flexibility index (Phi) is 8.73. The predicted molar refractivity (Wildman–Crippen MR) is 121 cm³/mol. The number of thiophene rings is 1. The maximum atomic E-state index is 12.5. The summed E-state index contributed by atoms with van der Waals surface area (Å²) in [6.45, 7) is 3.19. The molecule has 3 amide bonds. The molecule has 10 nitrogen and oxygen atoms in total. The summed E-state index contributed by atoms with van der Waals surface area (Å²) < 4.78 is 10.1. The van der Waals surface area contributed by atoms with Crippen molar-refractivity contribution in [2.24, 2.45) is 5.73 Å².